The molecule has 2 nitrogen and oxygen atoms in total. The zero-order chi connectivity index (χ0) is 14.5. The van der Waals surface area contributed by atoms with Gasteiger partial charge in [-0.2, -0.15) is 0 Å². The standard InChI is InChI=1S/C16H16F2O2/c1-20-15-8-3-2-5-11(15)9-13(19)10-12-6-4-7-14(17)16(12)18/h2-8,13,19H,9-10H2,1H3. The Morgan fingerprint density at radius 1 is 1.00 bits per heavy atom. The Labute approximate surface area is 116 Å². The van der Waals surface area contributed by atoms with Gasteiger partial charge in [0.05, 0.1) is 13.2 Å². The number of methoxy groups -OCH3 is 1. The van der Waals surface area contributed by atoms with Crippen molar-refractivity contribution >= 4 is 0 Å². The van der Waals surface area contributed by atoms with Crippen molar-refractivity contribution in [3.63, 3.8) is 0 Å². The average Bonchev–Trinajstić information content (AvgIpc) is 2.44. The monoisotopic (exact) mass is 278 g/mol. The Bertz CT molecular complexity index is 584. The molecule has 0 amide bonds. The van der Waals surface area contributed by atoms with Gasteiger partial charge < -0.3 is 9.84 Å². The van der Waals surface area contributed by atoms with Crippen LogP contribution >= 0.6 is 0 Å². The lowest BCUT2D eigenvalue weighted by atomic mass is 10.0. The Hall–Kier alpha value is -1.94. The number of para-hydroxylation sites is 1. The first-order valence-electron chi connectivity index (χ1n) is 6.34. The van der Waals surface area contributed by atoms with Crippen LogP contribution in [0.3, 0.4) is 0 Å². The first-order valence-corrected chi connectivity index (χ1v) is 6.34. The smallest absolute Gasteiger partial charge is 0.162 e. The molecule has 0 bridgehead atoms. The number of ether oxygens (including phenoxy) is 1. The Morgan fingerprint density at radius 3 is 2.40 bits per heavy atom. The van der Waals surface area contributed by atoms with Gasteiger partial charge in [0.25, 0.3) is 0 Å². The number of halogens is 2. The van der Waals surface area contributed by atoms with Gasteiger partial charge in [0.2, 0.25) is 0 Å². The lowest BCUT2D eigenvalue weighted by Gasteiger charge is -2.14. The highest BCUT2D eigenvalue weighted by molar-refractivity contribution is 5.34. The van der Waals surface area contributed by atoms with Gasteiger partial charge in [-0.15, -0.1) is 0 Å². The summed E-state index contributed by atoms with van der Waals surface area (Å²) in [5, 5.41) is 10.0. The number of aliphatic hydroxyl groups excluding tert-OH is 1. The molecule has 0 spiro atoms. The van der Waals surface area contributed by atoms with Crippen molar-refractivity contribution in [2.75, 3.05) is 7.11 Å². The topological polar surface area (TPSA) is 29.5 Å². The summed E-state index contributed by atoms with van der Waals surface area (Å²) in [5.74, 6) is -1.12. The maximum Gasteiger partial charge on any atom is 0.162 e. The molecule has 0 aliphatic carbocycles. The van der Waals surface area contributed by atoms with Gasteiger partial charge in [-0.3, -0.25) is 0 Å². The van der Waals surface area contributed by atoms with Gasteiger partial charge in [-0.25, -0.2) is 8.78 Å². The fourth-order valence-corrected chi connectivity index (χ4v) is 2.16. The highest BCUT2D eigenvalue weighted by Crippen LogP contribution is 2.21. The summed E-state index contributed by atoms with van der Waals surface area (Å²) in [6.45, 7) is 0. The third kappa shape index (κ3) is 3.33. The van der Waals surface area contributed by atoms with Gasteiger partial charge in [0, 0.05) is 12.8 Å². The second kappa shape index (κ2) is 6.48. The van der Waals surface area contributed by atoms with Crippen LogP contribution in [0.1, 0.15) is 11.1 Å². The van der Waals surface area contributed by atoms with Crippen molar-refractivity contribution in [2.24, 2.45) is 0 Å². The first-order chi connectivity index (χ1) is 9.61. The summed E-state index contributed by atoms with van der Waals surface area (Å²) in [5.41, 5.74) is 1.01. The molecule has 2 aromatic carbocycles. The second-order valence-corrected chi connectivity index (χ2v) is 4.59. The summed E-state index contributed by atoms with van der Waals surface area (Å²) in [6.07, 6.45) is -0.427. The summed E-state index contributed by atoms with van der Waals surface area (Å²) in [6, 6.07) is 11.3. The van der Waals surface area contributed by atoms with E-state index >= 15 is 0 Å². The number of hydrogen-bond donors (Lipinski definition) is 1. The van der Waals surface area contributed by atoms with Crippen LogP contribution in [0.2, 0.25) is 0 Å². The van der Waals surface area contributed by atoms with Gasteiger partial charge >= 0.3 is 0 Å². The van der Waals surface area contributed by atoms with Crippen molar-refractivity contribution in [1.29, 1.82) is 0 Å². The van der Waals surface area contributed by atoms with Crippen molar-refractivity contribution in [3.05, 3.63) is 65.2 Å². The van der Waals surface area contributed by atoms with Crippen molar-refractivity contribution < 1.29 is 18.6 Å². The summed E-state index contributed by atoms with van der Waals surface area (Å²) in [7, 11) is 1.55. The molecule has 20 heavy (non-hydrogen) atoms. The van der Waals surface area contributed by atoms with E-state index in [1.54, 1.807) is 13.2 Å². The molecule has 0 heterocycles. The van der Waals surface area contributed by atoms with Crippen LogP contribution in [0, 0.1) is 11.6 Å². The zero-order valence-electron chi connectivity index (χ0n) is 11.1. The summed E-state index contributed by atoms with van der Waals surface area (Å²) < 4.78 is 31.8. The summed E-state index contributed by atoms with van der Waals surface area (Å²) in [4.78, 5) is 0. The zero-order valence-corrected chi connectivity index (χ0v) is 11.1. The Balaban J connectivity index is 2.09. The van der Waals surface area contributed by atoms with Gasteiger partial charge in [-0.05, 0) is 23.3 Å². The van der Waals surface area contributed by atoms with Crippen LogP contribution in [0.5, 0.6) is 5.75 Å². The van der Waals surface area contributed by atoms with E-state index in [9.17, 15) is 13.9 Å². The van der Waals surface area contributed by atoms with Crippen LogP contribution in [-0.2, 0) is 12.8 Å². The van der Waals surface area contributed by atoms with Crippen molar-refractivity contribution in [2.45, 2.75) is 18.9 Å². The van der Waals surface area contributed by atoms with E-state index in [0.717, 1.165) is 11.6 Å². The minimum Gasteiger partial charge on any atom is -0.496 e. The average molecular weight is 278 g/mol. The molecular weight excluding hydrogens is 262 g/mol. The normalized spacial score (nSPS) is 12.2. The Kier molecular flexibility index (Phi) is 4.69. The molecule has 2 aromatic rings. The number of hydrogen-bond acceptors (Lipinski definition) is 2. The fourth-order valence-electron chi connectivity index (χ4n) is 2.16. The van der Waals surface area contributed by atoms with E-state index < -0.39 is 17.7 Å². The molecule has 1 unspecified atom stereocenters. The molecule has 1 atom stereocenters. The number of aliphatic hydroxyl groups is 1. The highest BCUT2D eigenvalue weighted by atomic mass is 19.2. The highest BCUT2D eigenvalue weighted by Gasteiger charge is 2.14. The Morgan fingerprint density at radius 2 is 1.65 bits per heavy atom. The largest absolute Gasteiger partial charge is 0.496 e. The molecule has 0 fully saturated rings. The quantitative estimate of drug-likeness (QED) is 0.910. The van der Waals surface area contributed by atoms with E-state index in [-0.39, 0.29) is 12.0 Å². The molecule has 0 radical (unpaired) electrons. The van der Waals surface area contributed by atoms with E-state index in [2.05, 4.69) is 0 Å². The summed E-state index contributed by atoms with van der Waals surface area (Å²) >= 11 is 0. The maximum absolute atomic E-state index is 13.5. The molecule has 0 saturated heterocycles. The van der Waals surface area contributed by atoms with Crippen LogP contribution in [0.4, 0.5) is 8.78 Å². The van der Waals surface area contributed by atoms with Crippen LogP contribution < -0.4 is 4.74 Å². The minimum atomic E-state index is -0.897. The number of rotatable bonds is 5. The lowest BCUT2D eigenvalue weighted by Crippen LogP contribution is -2.15. The third-order valence-corrected chi connectivity index (χ3v) is 3.14. The third-order valence-electron chi connectivity index (χ3n) is 3.14. The van der Waals surface area contributed by atoms with Crippen LogP contribution in [0.15, 0.2) is 42.5 Å². The predicted molar refractivity (Wildman–Crippen MR) is 72.8 cm³/mol. The molecule has 0 aliphatic rings. The molecule has 0 aliphatic heterocycles. The fraction of sp³-hybridized carbons (Fsp3) is 0.250. The molecular formula is C16H16F2O2. The second-order valence-electron chi connectivity index (χ2n) is 4.59. The van der Waals surface area contributed by atoms with Crippen molar-refractivity contribution in [1.82, 2.24) is 0 Å². The molecule has 4 heteroatoms. The molecule has 0 aromatic heterocycles. The molecule has 2 rings (SSSR count). The van der Waals surface area contributed by atoms with E-state index in [1.165, 1.54) is 12.1 Å². The van der Waals surface area contributed by atoms with Crippen molar-refractivity contribution in [3.8, 4) is 5.75 Å². The lowest BCUT2D eigenvalue weighted by molar-refractivity contribution is 0.172. The predicted octanol–water partition coefficient (Wildman–Crippen LogP) is 3.12. The maximum atomic E-state index is 13.5. The molecule has 1 N–H and O–H groups in total. The van der Waals surface area contributed by atoms with Crippen LogP contribution in [0.25, 0.3) is 0 Å². The van der Waals surface area contributed by atoms with Crippen LogP contribution in [-0.4, -0.2) is 18.3 Å². The molecule has 0 saturated carbocycles. The van der Waals surface area contributed by atoms with E-state index in [0.29, 0.717) is 12.2 Å². The van der Waals surface area contributed by atoms with Gasteiger partial charge in [0.1, 0.15) is 5.75 Å². The van der Waals surface area contributed by atoms with Gasteiger partial charge in [0.15, 0.2) is 11.6 Å². The SMILES string of the molecule is COc1ccccc1CC(O)Cc1cccc(F)c1F. The van der Waals surface area contributed by atoms with E-state index in [1.807, 2.05) is 18.2 Å². The molecule has 106 valence electrons. The van der Waals surface area contributed by atoms with Gasteiger partial charge in [-0.1, -0.05) is 30.3 Å². The minimum absolute atomic E-state index is 0.0572. The number of benzene rings is 2. The first kappa shape index (κ1) is 14.5. The van der Waals surface area contributed by atoms with E-state index in [4.69, 9.17) is 4.74 Å².